The highest BCUT2D eigenvalue weighted by molar-refractivity contribution is 7.99. The smallest absolute Gasteiger partial charge is 0.323 e. The summed E-state index contributed by atoms with van der Waals surface area (Å²) in [5.74, 6) is -0.0509. The molecule has 1 unspecified atom stereocenters. The summed E-state index contributed by atoms with van der Waals surface area (Å²) < 4.78 is 4.54. The largest absolute Gasteiger partial charge is 0.468 e. The van der Waals surface area contributed by atoms with E-state index in [-0.39, 0.29) is 0 Å². The number of aromatic amines is 1. The Hall–Kier alpha value is -1.67. The third-order valence-electron chi connectivity index (χ3n) is 2.09. The first-order valence-electron chi connectivity index (χ1n) is 4.82. The van der Waals surface area contributed by atoms with Gasteiger partial charge in [-0.15, -0.1) is 11.8 Å². The molecule has 7 nitrogen and oxygen atoms in total. The van der Waals surface area contributed by atoms with E-state index in [4.69, 9.17) is 5.73 Å². The van der Waals surface area contributed by atoms with Gasteiger partial charge in [0.2, 0.25) is 0 Å². The van der Waals surface area contributed by atoms with Gasteiger partial charge in [0.05, 0.1) is 13.4 Å². The number of esters is 1. The molecule has 0 aliphatic rings. The number of carbonyl (C=O) groups excluding carboxylic acids is 1. The highest BCUT2D eigenvalue weighted by Gasteiger charge is 2.15. The van der Waals surface area contributed by atoms with Crippen molar-refractivity contribution in [2.24, 2.45) is 5.73 Å². The molecule has 0 bridgehead atoms. The van der Waals surface area contributed by atoms with Gasteiger partial charge in [0.25, 0.3) is 0 Å². The summed E-state index contributed by atoms with van der Waals surface area (Å²) in [6, 6.07) is -0.669. The van der Waals surface area contributed by atoms with Crippen molar-refractivity contribution in [2.75, 3.05) is 12.9 Å². The van der Waals surface area contributed by atoms with Crippen LogP contribution in [-0.4, -0.2) is 44.8 Å². The third kappa shape index (κ3) is 2.53. The second-order valence-electron chi connectivity index (χ2n) is 3.22. The molecule has 0 fully saturated rings. The minimum absolute atomic E-state index is 0.387. The molecule has 1 atom stereocenters. The number of H-pyrrole nitrogens is 1. The Bertz CT molecular complexity index is 529. The van der Waals surface area contributed by atoms with Crippen LogP contribution >= 0.6 is 11.8 Å². The SMILES string of the molecule is COC(=O)C(N)CSc1ncnc2nc[nH]c12. The molecule has 0 aliphatic heterocycles. The molecule has 0 aromatic carbocycles. The van der Waals surface area contributed by atoms with E-state index < -0.39 is 12.0 Å². The summed E-state index contributed by atoms with van der Waals surface area (Å²) in [6.45, 7) is 0. The minimum atomic E-state index is -0.669. The molecular formula is C9H11N5O2S. The second kappa shape index (κ2) is 5.11. The van der Waals surface area contributed by atoms with Gasteiger partial charge in [0, 0.05) is 5.75 Å². The van der Waals surface area contributed by atoms with Gasteiger partial charge in [0.15, 0.2) is 5.65 Å². The van der Waals surface area contributed by atoms with E-state index in [9.17, 15) is 4.79 Å². The van der Waals surface area contributed by atoms with Gasteiger partial charge in [-0.25, -0.2) is 15.0 Å². The maximum Gasteiger partial charge on any atom is 0.323 e. The van der Waals surface area contributed by atoms with E-state index in [0.29, 0.717) is 16.4 Å². The molecular weight excluding hydrogens is 242 g/mol. The number of nitrogens with zero attached hydrogens (tertiary/aromatic N) is 3. The number of ether oxygens (including phenoxy) is 1. The summed E-state index contributed by atoms with van der Waals surface area (Å²) >= 11 is 1.36. The normalized spacial score (nSPS) is 12.6. The van der Waals surface area contributed by atoms with Gasteiger partial charge >= 0.3 is 5.97 Å². The molecule has 0 saturated carbocycles. The Morgan fingerprint density at radius 3 is 3.18 bits per heavy atom. The van der Waals surface area contributed by atoms with E-state index in [2.05, 4.69) is 24.7 Å². The Morgan fingerprint density at radius 1 is 1.59 bits per heavy atom. The maximum absolute atomic E-state index is 11.1. The van der Waals surface area contributed by atoms with Crippen molar-refractivity contribution in [3.05, 3.63) is 12.7 Å². The Labute approximate surface area is 101 Å². The quantitative estimate of drug-likeness (QED) is 0.446. The standard InChI is InChI=1S/C9H11N5O2S/c1-16-9(15)5(10)2-17-8-6-7(12-3-11-6)13-4-14-8/h3-5H,2,10H2,1H3,(H,11,12,13,14). The zero-order chi connectivity index (χ0) is 12.3. The number of imidazole rings is 1. The van der Waals surface area contributed by atoms with Crippen LogP contribution in [0, 0.1) is 0 Å². The number of hydrogen-bond donors (Lipinski definition) is 2. The van der Waals surface area contributed by atoms with Crippen LogP contribution in [-0.2, 0) is 9.53 Å². The number of fused-ring (bicyclic) bond motifs is 1. The summed E-state index contributed by atoms with van der Waals surface area (Å²) in [5.41, 5.74) is 6.97. The Morgan fingerprint density at radius 2 is 2.41 bits per heavy atom. The molecule has 2 rings (SSSR count). The number of thioether (sulfide) groups is 1. The lowest BCUT2D eigenvalue weighted by Crippen LogP contribution is -2.33. The van der Waals surface area contributed by atoms with Crippen LogP contribution in [0.3, 0.4) is 0 Å². The highest BCUT2D eigenvalue weighted by atomic mass is 32.2. The zero-order valence-electron chi connectivity index (χ0n) is 9.08. The topological polar surface area (TPSA) is 107 Å². The molecule has 2 aromatic rings. The van der Waals surface area contributed by atoms with Crippen molar-refractivity contribution in [2.45, 2.75) is 11.1 Å². The zero-order valence-corrected chi connectivity index (χ0v) is 9.90. The van der Waals surface area contributed by atoms with Crippen molar-refractivity contribution < 1.29 is 9.53 Å². The summed E-state index contributed by atoms with van der Waals surface area (Å²) in [4.78, 5) is 26.2. The Kier molecular flexibility index (Phi) is 3.55. The molecule has 2 aromatic heterocycles. The van der Waals surface area contributed by atoms with Gasteiger partial charge in [0.1, 0.15) is 22.9 Å². The first kappa shape index (κ1) is 11.8. The van der Waals surface area contributed by atoms with Crippen molar-refractivity contribution in [1.82, 2.24) is 19.9 Å². The fourth-order valence-electron chi connectivity index (χ4n) is 1.24. The van der Waals surface area contributed by atoms with Crippen molar-refractivity contribution in [3.8, 4) is 0 Å². The predicted octanol–water partition coefficient (Wildman–Crippen LogP) is -0.0547. The number of methoxy groups -OCH3 is 1. The van der Waals surface area contributed by atoms with Crippen molar-refractivity contribution in [1.29, 1.82) is 0 Å². The van der Waals surface area contributed by atoms with Crippen LogP contribution < -0.4 is 5.73 Å². The van der Waals surface area contributed by atoms with Crippen LogP contribution in [0.4, 0.5) is 0 Å². The molecule has 90 valence electrons. The molecule has 3 N–H and O–H groups in total. The molecule has 8 heteroatoms. The van der Waals surface area contributed by atoms with Crippen molar-refractivity contribution in [3.63, 3.8) is 0 Å². The van der Waals surface area contributed by atoms with E-state index in [1.807, 2.05) is 0 Å². The van der Waals surface area contributed by atoms with E-state index in [0.717, 1.165) is 5.52 Å². The van der Waals surface area contributed by atoms with Crippen LogP contribution in [0.1, 0.15) is 0 Å². The van der Waals surface area contributed by atoms with Crippen LogP contribution in [0.5, 0.6) is 0 Å². The third-order valence-corrected chi connectivity index (χ3v) is 3.20. The first-order valence-corrected chi connectivity index (χ1v) is 5.81. The highest BCUT2D eigenvalue weighted by Crippen LogP contribution is 2.22. The van der Waals surface area contributed by atoms with Crippen molar-refractivity contribution >= 4 is 28.9 Å². The van der Waals surface area contributed by atoms with Gasteiger partial charge < -0.3 is 15.5 Å². The molecule has 17 heavy (non-hydrogen) atoms. The lowest BCUT2D eigenvalue weighted by molar-refractivity contribution is -0.141. The average Bonchev–Trinajstić information content (AvgIpc) is 2.83. The number of rotatable bonds is 4. The molecule has 0 aliphatic carbocycles. The Balaban J connectivity index is 2.09. The lowest BCUT2D eigenvalue weighted by atomic mass is 10.4. The monoisotopic (exact) mass is 253 g/mol. The molecule has 0 spiro atoms. The van der Waals surface area contributed by atoms with Gasteiger partial charge in [-0.05, 0) is 0 Å². The number of nitrogens with two attached hydrogens (primary N) is 1. The van der Waals surface area contributed by atoms with Crippen LogP contribution in [0.2, 0.25) is 0 Å². The van der Waals surface area contributed by atoms with Gasteiger partial charge in [-0.2, -0.15) is 0 Å². The van der Waals surface area contributed by atoms with Gasteiger partial charge in [-0.1, -0.05) is 0 Å². The van der Waals surface area contributed by atoms with E-state index in [1.165, 1.54) is 25.2 Å². The average molecular weight is 253 g/mol. The van der Waals surface area contributed by atoms with Crippen LogP contribution in [0.25, 0.3) is 11.2 Å². The molecule has 0 radical (unpaired) electrons. The molecule has 2 heterocycles. The molecule has 0 saturated heterocycles. The summed E-state index contributed by atoms with van der Waals surface area (Å²) in [5, 5.41) is 0.715. The summed E-state index contributed by atoms with van der Waals surface area (Å²) in [7, 11) is 1.31. The second-order valence-corrected chi connectivity index (χ2v) is 4.23. The lowest BCUT2D eigenvalue weighted by Gasteiger charge is -2.07. The minimum Gasteiger partial charge on any atom is -0.468 e. The van der Waals surface area contributed by atoms with Gasteiger partial charge in [-0.3, -0.25) is 4.79 Å². The molecule has 0 amide bonds. The van der Waals surface area contributed by atoms with E-state index in [1.54, 1.807) is 6.33 Å². The predicted molar refractivity (Wildman–Crippen MR) is 62.4 cm³/mol. The maximum atomic E-state index is 11.1. The summed E-state index contributed by atoms with van der Waals surface area (Å²) in [6.07, 6.45) is 2.97. The van der Waals surface area contributed by atoms with E-state index >= 15 is 0 Å². The fourth-order valence-corrected chi connectivity index (χ4v) is 2.13. The number of nitrogens with one attached hydrogen (secondary N) is 1. The fraction of sp³-hybridized carbons (Fsp3) is 0.333. The first-order chi connectivity index (χ1) is 8.22. The number of aromatic nitrogens is 4. The number of carbonyl (C=O) groups is 1. The van der Waals surface area contributed by atoms with Crippen LogP contribution in [0.15, 0.2) is 17.7 Å². The number of hydrogen-bond acceptors (Lipinski definition) is 7.